The van der Waals surface area contributed by atoms with Crippen molar-refractivity contribution in [3.8, 4) is 5.75 Å². The zero-order valence-corrected chi connectivity index (χ0v) is 13.3. The van der Waals surface area contributed by atoms with Crippen LogP contribution in [-0.2, 0) is 6.54 Å². The first-order chi connectivity index (χ1) is 10.2. The van der Waals surface area contributed by atoms with Crippen molar-refractivity contribution < 1.29 is 4.74 Å². The number of hydrogen-bond acceptors (Lipinski definition) is 4. The molecular weight excluding hydrogens is 286 g/mol. The van der Waals surface area contributed by atoms with Crippen molar-refractivity contribution in [1.82, 2.24) is 10.3 Å². The zero-order valence-electron chi connectivity index (χ0n) is 12.6. The highest BCUT2D eigenvalue weighted by Crippen LogP contribution is 2.26. The van der Waals surface area contributed by atoms with Crippen LogP contribution in [-0.4, -0.2) is 25.7 Å². The number of nitrogens with zero attached hydrogens (tertiary/aromatic N) is 2. The highest BCUT2D eigenvalue weighted by molar-refractivity contribution is 6.31. The summed E-state index contributed by atoms with van der Waals surface area (Å²) in [5.41, 5.74) is 2.09. The Labute approximate surface area is 130 Å². The number of methoxy groups -OCH3 is 1. The highest BCUT2D eigenvalue weighted by atomic mass is 35.5. The minimum absolute atomic E-state index is 0.683. The standard InChI is InChI=1S/C16H20ClN3O/c1-4-18-10-12-9-16(19-11-15(12)17)20(2)13-5-7-14(21-3)8-6-13/h5-9,11,18H,4,10H2,1-3H3. The average molecular weight is 306 g/mol. The lowest BCUT2D eigenvalue weighted by Gasteiger charge is -2.19. The molecule has 0 saturated carbocycles. The summed E-state index contributed by atoms with van der Waals surface area (Å²) in [6.07, 6.45) is 1.70. The average Bonchev–Trinajstić information content (AvgIpc) is 2.53. The largest absolute Gasteiger partial charge is 0.497 e. The molecule has 0 radical (unpaired) electrons. The van der Waals surface area contributed by atoms with Crippen LogP contribution in [0.25, 0.3) is 0 Å². The van der Waals surface area contributed by atoms with Crippen LogP contribution >= 0.6 is 11.6 Å². The van der Waals surface area contributed by atoms with Crippen LogP contribution in [0.3, 0.4) is 0 Å². The van der Waals surface area contributed by atoms with Crippen LogP contribution < -0.4 is 15.0 Å². The van der Waals surface area contributed by atoms with Gasteiger partial charge in [-0.25, -0.2) is 4.98 Å². The number of anilines is 2. The molecule has 112 valence electrons. The molecule has 0 unspecified atom stereocenters. The quantitative estimate of drug-likeness (QED) is 0.884. The van der Waals surface area contributed by atoms with Crippen molar-refractivity contribution in [2.75, 3.05) is 25.6 Å². The molecule has 1 heterocycles. The van der Waals surface area contributed by atoms with E-state index >= 15 is 0 Å². The summed E-state index contributed by atoms with van der Waals surface area (Å²) in [6, 6.07) is 9.87. The lowest BCUT2D eigenvalue weighted by atomic mass is 10.2. The molecule has 0 spiro atoms. The van der Waals surface area contributed by atoms with Crippen molar-refractivity contribution in [2.45, 2.75) is 13.5 Å². The van der Waals surface area contributed by atoms with E-state index in [4.69, 9.17) is 16.3 Å². The molecule has 0 aliphatic rings. The van der Waals surface area contributed by atoms with Crippen molar-refractivity contribution in [1.29, 1.82) is 0 Å². The Morgan fingerprint density at radius 3 is 2.62 bits per heavy atom. The summed E-state index contributed by atoms with van der Waals surface area (Å²) in [5, 5.41) is 3.96. The van der Waals surface area contributed by atoms with Gasteiger partial charge in [0.2, 0.25) is 0 Å². The van der Waals surface area contributed by atoms with Gasteiger partial charge in [-0.1, -0.05) is 18.5 Å². The normalized spacial score (nSPS) is 10.5. The van der Waals surface area contributed by atoms with Gasteiger partial charge in [-0.15, -0.1) is 0 Å². The van der Waals surface area contributed by atoms with E-state index in [2.05, 4.69) is 17.2 Å². The van der Waals surface area contributed by atoms with Crippen LogP contribution in [0.4, 0.5) is 11.5 Å². The van der Waals surface area contributed by atoms with Crippen LogP contribution in [0.1, 0.15) is 12.5 Å². The van der Waals surface area contributed by atoms with Gasteiger partial charge in [0.05, 0.1) is 12.1 Å². The van der Waals surface area contributed by atoms with Crippen molar-refractivity contribution in [2.24, 2.45) is 0 Å². The Morgan fingerprint density at radius 2 is 2.00 bits per heavy atom. The van der Waals surface area contributed by atoms with Gasteiger partial charge < -0.3 is 15.0 Å². The summed E-state index contributed by atoms with van der Waals surface area (Å²) in [5.74, 6) is 1.70. The van der Waals surface area contributed by atoms with Crippen molar-refractivity contribution in [3.05, 3.63) is 47.1 Å². The van der Waals surface area contributed by atoms with E-state index < -0.39 is 0 Å². The number of hydrogen-bond donors (Lipinski definition) is 1. The van der Waals surface area contributed by atoms with Gasteiger partial charge in [-0.2, -0.15) is 0 Å². The Morgan fingerprint density at radius 1 is 1.29 bits per heavy atom. The van der Waals surface area contributed by atoms with Crippen LogP contribution in [0.2, 0.25) is 5.02 Å². The van der Waals surface area contributed by atoms with E-state index in [1.165, 1.54) is 0 Å². The molecule has 5 heteroatoms. The van der Waals surface area contributed by atoms with Crippen molar-refractivity contribution in [3.63, 3.8) is 0 Å². The smallest absolute Gasteiger partial charge is 0.133 e. The molecule has 2 rings (SSSR count). The predicted molar refractivity (Wildman–Crippen MR) is 87.7 cm³/mol. The molecule has 0 atom stereocenters. The summed E-state index contributed by atoms with van der Waals surface area (Å²) < 4.78 is 5.17. The van der Waals surface area contributed by atoms with E-state index in [0.29, 0.717) is 5.02 Å². The third-order valence-corrected chi connectivity index (χ3v) is 3.63. The van der Waals surface area contributed by atoms with E-state index in [-0.39, 0.29) is 0 Å². The number of halogens is 1. The monoisotopic (exact) mass is 305 g/mol. The number of pyridine rings is 1. The first kappa shape index (κ1) is 15.6. The van der Waals surface area contributed by atoms with E-state index in [0.717, 1.165) is 35.9 Å². The topological polar surface area (TPSA) is 37.4 Å². The van der Waals surface area contributed by atoms with Crippen molar-refractivity contribution >= 4 is 23.1 Å². The molecule has 0 bridgehead atoms. The SMILES string of the molecule is CCNCc1cc(N(C)c2ccc(OC)cc2)ncc1Cl. The molecule has 1 aromatic carbocycles. The van der Waals surface area contributed by atoms with E-state index in [9.17, 15) is 0 Å². The van der Waals surface area contributed by atoms with Gasteiger partial charge in [0.1, 0.15) is 11.6 Å². The fourth-order valence-electron chi connectivity index (χ4n) is 1.98. The second-order valence-electron chi connectivity index (χ2n) is 4.67. The molecular formula is C16H20ClN3O. The Bertz CT molecular complexity index is 587. The number of aromatic nitrogens is 1. The highest BCUT2D eigenvalue weighted by Gasteiger charge is 2.09. The lowest BCUT2D eigenvalue weighted by Crippen LogP contribution is -2.15. The van der Waals surface area contributed by atoms with Gasteiger partial charge in [-0.3, -0.25) is 0 Å². The second kappa shape index (κ2) is 7.29. The molecule has 2 aromatic rings. The maximum Gasteiger partial charge on any atom is 0.133 e. The first-order valence-corrected chi connectivity index (χ1v) is 7.26. The van der Waals surface area contributed by atoms with Gasteiger partial charge in [0.25, 0.3) is 0 Å². The fraction of sp³-hybridized carbons (Fsp3) is 0.312. The number of rotatable bonds is 6. The van der Waals surface area contributed by atoms with Gasteiger partial charge in [0, 0.05) is 25.5 Å². The van der Waals surface area contributed by atoms with E-state index in [1.54, 1.807) is 13.3 Å². The van der Waals surface area contributed by atoms with Gasteiger partial charge in [-0.05, 0) is 42.4 Å². The summed E-state index contributed by atoms with van der Waals surface area (Å²) in [7, 11) is 3.64. The molecule has 21 heavy (non-hydrogen) atoms. The van der Waals surface area contributed by atoms with E-state index in [1.807, 2.05) is 42.3 Å². The zero-order chi connectivity index (χ0) is 15.2. The minimum atomic E-state index is 0.683. The Kier molecular flexibility index (Phi) is 5.42. The van der Waals surface area contributed by atoms with Crippen LogP contribution in [0, 0.1) is 0 Å². The van der Waals surface area contributed by atoms with Gasteiger partial charge >= 0.3 is 0 Å². The molecule has 0 amide bonds. The lowest BCUT2D eigenvalue weighted by molar-refractivity contribution is 0.415. The summed E-state index contributed by atoms with van der Waals surface area (Å²) in [4.78, 5) is 6.42. The minimum Gasteiger partial charge on any atom is -0.497 e. The number of nitrogens with one attached hydrogen (secondary N) is 1. The molecule has 4 nitrogen and oxygen atoms in total. The number of ether oxygens (including phenoxy) is 1. The van der Waals surface area contributed by atoms with Crippen LogP contribution in [0.15, 0.2) is 36.5 Å². The Hall–Kier alpha value is -1.78. The summed E-state index contributed by atoms with van der Waals surface area (Å²) in [6.45, 7) is 3.71. The molecule has 0 saturated heterocycles. The molecule has 0 fully saturated rings. The second-order valence-corrected chi connectivity index (χ2v) is 5.08. The Balaban J connectivity index is 2.23. The molecule has 0 aliphatic heterocycles. The third kappa shape index (κ3) is 3.86. The molecule has 0 aliphatic carbocycles. The van der Waals surface area contributed by atoms with Gasteiger partial charge in [0.15, 0.2) is 0 Å². The predicted octanol–water partition coefficient (Wildman–Crippen LogP) is 3.62. The summed E-state index contributed by atoms with van der Waals surface area (Å²) >= 11 is 6.18. The maximum atomic E-state index is 6.18. The van der Waals surface area contributed by atoms with Crippen LogP contribution in [0.5, 0.6) is 5.75 Å². The third-order valence-electron chi connectivity index (χ3n) is 3.29. The first-order valence-electron chi connectivity index (χ1n) is 6.88. The fourth-order valence-corrected chi connectivity index (χ4v) is 2.15. The molecule has 1 N–H and O–H groups in total. The maximum absolute atomic E-state index is 6.18. The molecule has 1 aromatic heterocycles. The number of benzene rings is 1.